The van der Waals surface area contributed by atoms with Crippen LogP contribution in [-0.2, 0) is 4.79 Å². The molecule has 0 fully saturated rings. The molecule has 0 atom stereocenters. The molecule has 0 N–H and O–H groups in total. The van der Waals surface area contributed by atoms with Crippen LogP contribution in [0, 0.1) is 0 Å². The molecule has 0 aliphatic carbocycles. The van der Waals surface area contributed by atoms with E-state index in [2.05, 4.69) is 11.6 Å². The summed E-state index contributed by atoms with van der Waals surface area (Å²) in [6.45, 7) is 8.71. The number of nitrogens with zero attached hydrogens (tertiary/aromatic N) is 2. The predicted octanol–water partition coefficient (Wildman–Crippen LogP) is 1.62. The second-order valence-corrected chi connectivity index (χ2v) is 2.63. The maximum Gasteiger partial charge on any atom is 0.350 e. The number of likely N-dealkylation sites (N-methyl/N-ethyl adjacent to an activating group) is 1. The molecule has 0 unspecified atom stereocenters. The fourth-order valence-corrected chi connectivity index (χ4v) is 0.747. The largest absolute Gasteiger partial charge is 0.350 e. The quantitative estimate of drug-likeness (QED) is 0.481. The molecule has 0 aliphatic heterocycles. The van der Waals surface area contributed by atoms with Crippen molar-refractivity contribution in [3.8, 4) is 0 Å². The standard InChI is InChI=1S/C9H14N2O2/c1-5-8(12)11(6-2)9(13)10-7(3)4/h5H,1,6H2,2-4H3. The lowest BCUT2D eigenvalue weighted by Crippen LogP contribution is -2.33. The molecule has 3 amide bonds. The van der Waals surface area contributed by atoms with E-state index in [1.165, 1.54) is 0 Å². The first kappa shape index (κ1) is 11.6. The lowest BCUT2D eigenvalue weighted by molar-refractivity contribution is -0.122. The van der Waals surface area contributed by atoms with Crippen LogP contribution in [0.5, 0.6) is 0 Å². The van der Waals surface area contributed by atoms with Crippen molar-refractivity contribution in [1.82, 2.24) is 4.90 Å². The van der Waals surface area contributed by atoms with Gasteiger partial charge in [-0.05, 0) is 26.8 Å². The van der Waals surface area contributed by atoms with E-state index in [0.717, 1.165) is 11.0 Å². The summed E-state index contributed by atoms with van der Waals surface area (Å²) in [5, 5.41) is 0. The van der Waals surface area contributed by atoms with Gasteiger partial charge in [0.25, 0.3) is 5.91 Å². The average Bonchev–Trinajstić information content (AvgIpc) is 2.03. The smallest absolute Gasteiger partial charge is 0.269 e. The van der Waals surface area contributed by atoms with Gasteiger partial charge in [-0.25, -0.2) is 9.79 Å². The summed E-state index contributed by atoms with van der Waals surface area (Å²) < 4.78 is 0. The summed E-state index contributed by atoms with van der Waals surface area (Å²) in [6, 6.07) is -0.535. The molecule has 72 valence electrons. The SMILES string of the molecule is C=CC(=O)N(CC)C(=O)N=C(C)C. The third kappa shape index (κ3) is 3.64. The molecular formula is C9H14N2O2. The van der Waals surface area contributed by atoms with Crippen molar-refractivity contribution in [2.75, 3.05) is 6.54 Å². The fraction of sp³-hybridized carbons (Fsp3) is 0.444. The molecule has 0 heterocycles. The summed E-state index contributed by atoms with van der Waals surface area (Å²) in [6.07, 6.45) is 1.10. The van der Waals surface area contributed by atoms with Crippen LogP contribution in [-0.4, -0.2) is 29.1 Å². The van der Waals surface area contributed by atoms with Crippen molar-refractivity contribution in [1.29, 1.82) is 0 Å². The number of amides is 3. The Hall–Kier alpha value is -1.45. The molecule has 0 saturated carbocycles. The number of aliphatic imine (C=N–C) groups is 1. The molecule has 0 aromatic heterocycles. The Labute approximate surface area is 77.9 Å². The van der Waals surface area contributed by atoms with Gasteiger partial charge in [-0.15, -0.1) is 0 Å². The molecule has 0 radical (unpaired) electrons. The van der Waals surface area contributed by atoms with Crippen molar-refractivity contribution in [2.45, 2.75) is 20.8 Å². The normalized spacial score (nSPS) is 8.85. The van der Waals surface area contributed by atoms with Crippen LogP contribution in [0.25, 0.3) is 0 Å². The second-order valence-electron chi connectivity index (χ2n) is 2.63. The molecule has 4 nitrogen and oxygen atoms in total. The second kappa shape index (κ2) is 5.24. The van der Waals surface area contributed by atoms with E-state index in [0.29, 0.717) is 12.3 Å². The number of carbonyl (C=O) groups is 2. The zero-order valence-electron chi connectivity index (χ0n) is 8.20. The van der Waals surface area contributed by atoms with Crippen LogP contribution >= 0.6 is 0 Å². The topological polar surface area (TPSA) is 49.7 Å². The minimum atomic E-state index is -0.535. The zero-order chi connectivity index (χ0) is 10.4. The van der Waals surface area contributed by atoms with Crippen LogP contribution in [0.2, 0.25) is 0 Å². The number of imide groups is 1. The van der Waals surface area contributed by atoms with E-state index >= 15 is 0 Å². The van der Waals surface area contributed by atoms with Gasteiger partial charge in [0.05, 0.1) is 0 Å². The van der Waals surface area contributed by atoms with Crippen molar-refractivity contribution >= 4 is 17.6 Å². The number of rotatable bonds is 2. The Kier molecular flexibility index (Phi) is 4.66. The zero-order valence-corrected chi connectivity index (χ0v) is 8.20. The van der Waals surface area contributed by atoms with Gasteiger partial charge >= 0.3 is 6.03 Å². The van der Waals surface area contributed by atoms with Crippen molar-refractivity contribution < 1.29 is 9.59 Å². The summed E-state index contributed by atoms with van der Waals surface area (Å²) in [4.78, 5) is 27.0. The fourth-order valence-electron chi connectivity index (χ4n) is 0.747. The first-order valence-electron chi connectivity index (χ1n) is 4.02. The van der Waals surface area contributed by atoms with E-state index in [9.17, 15) is 9.59 Å². The molecule has 0 bridgehead atoms. The maximum absolute atomic E-state index is 11.3. The van der Waals surface area contributed by atoms with E-state index in [4.69, 9.17) is 0 Å². The van der Waals surface area contributed by atoms with Crippen LogP contribution in [0.1, 0.15) is 20.8 Å². The van der Waals surface area contributed by atoms with Gasteiger partial charge in [0.2, 0.25) is 0 Å². The highest BCUT2D eigenvalue weighted by Crippen LogP contribution is 1.96. The summed E-state index contributed by atoms with van der Waals surface area (Å²) in [5.74, 6) is -0.419. The first-order chi connectivity index (χ1) is 6.02. The minimum Gasteiger partial charge on any atom is -0.269 e. The molecule has 0 aliphatic rings. The Balaban J connectivity index is 4.59. The monoisotopic (exact) mass is 182 g/mol. The number of hydrogen-bond acceptors (Lipinski definition) is 2. The van der Waals surface area contributed by atoms with E-state index in [1.807, 2.05) is 0 Å². The molecule has 4 heteroatoms. The molecule has 0 aromatic rings. The number of urea groups is 1. The van der Waals surface area contributed by atoms with E-state index in [-0.39, 0.29) is 0 Å². The summed E-state index contributed by atoms with van der Waals surface area (Å²) >= 11 is 0. The number of carbonyl (C=O) groups excluding carboxylic acids is 2. The van der Waals surface area contributed by atoms with E-state index in [1.54, 1.807) is 20.8 Å². The predicted molar refractivity (Wildman–Crippen MR) is 51.8 cm³/mol. The molecule has 0 saturated heterocycles. The van der Waals surface area contributed by atoms with Gasteiger partial charge < -0.3 is 0 Å². The Bertz CT molecular complexity index is 252. The van der Waals surface area contributed by atoms with Crippen LogP contribution in [0.15, 0.2) is 17.6 Å². The highest BCUT2D eigenvalue weighted by molar-refractivity contribution is 6.03. The molecular weight excluding hydrogens is 168 g/mol. The molecule has 0 aromatic carbocycles. The van der Waals surface area contributed by atoms with E-state index < -0.39 is 11.9 Å². The van der Waals surface area contributed by atoms with Gasteiger partial charge in [0.1, 0.15) is 0 Å². The Morgan fingerprint density at radius 3 is 2.31 bits per heavy atom. The van der Waals surface area contributed by atoms with Gasteiger partial charge in [-0.3, -0.25) is 9.69 Å². The molecule has 0 spiro atoms. The lowest BCUT2D eigenvalue weighted by Gasteiger charge is -2.13. The highest BCUT2D eigenvalue weighted by Gasteiger charge is 2.15. The Morgan fingerprint density at radius 2 is 2.00 bits per heavy atom. The average molecular weight is 182 g/mol. The van der Waals surface area contributed by atoms with Crippen molar-refractivity contribution in [3.63, 3.8) is 0 Å². The summed E-state index contributed by atoms with van der Waals surface area (Å²) in [7, 11) is 0. The lowest BCUT2D eigenvalue weighted by atomic mass is 10.4. The third-order valence-electron chi connectivity index (χ3n) is 1.31. The van der Waals surface area contributed by atoms with Gasteiger partial charge in [0, 0.05) is 12.3 Å². The van der Waals surface area contributed by atoms with Gasteiger partial charge in [-0.2, -0.15) is 0 Å². The van der Waals surface area contributed by atoms with Crippen molar-refractivity contribution in [3.05, 3.63) is 12.7 Å². The molecule has 13 heavy (non-hydrogen) atoms. The maximum atomic E-state index is 11.3. The minimum absolute atomic E-state index is 0.306. The van der Waals surface area contributed by atoms with Crippen LogP contribution in [0.3, 0.4) is 0 Å². The molecule has 0 rings (SSSR count). The van der Waals surface area contributed by atoms with Crippen molar-refractivity contribution in [2.24, 2.45) is 4.99 Å². The van der Waals surface area contributed by atoms with Crippen LogP contribution in [0.4, 0.5) is 4.79 Å². The Morgan fingerprint density at radius 1 is 1.46 bits per heavy atom. The van der Waals surface area contributed by atoms with Crippen LogP contribution < -0.4 is 0 Å². The highest BCUT2D eigenvalue weighted by atomic mass is 16.2. The third-order valence-corrected chi connectivity index (χ3v) is 1.31. The van der Waals surface area contributed by atoms with Gasteiger partial charge in [-0.1, -0.05) is 6.58 Å². The number of hydrogen-bond donors (Lipinski definition) is 0. The first-order valence-corrected chi connectivity index (χ1v) is 4.02. The van der Waals surface area contributed by atoms with Gasteiger partial charge in [0.15, 0.2) is 0 Å². The summed E-state index contributed by atoms with van der Waals surface area (Å²) in [5.41, 5.74) is 0.625.